The number of rotatable bonds is 5. The third-order valence-corrected chi connectivity index (χ3v) is 5.20. The van der Waals surface area contributed by atoms with Gasteiger partial charge < -0.3 is 9.26 Å². The predicted molar refractivity (Wildman–Crippen MR) is 81.8 cm³/mol. The van der Waals surface area contributed by atoms with Crippen LogP contribution in [0.2, 0.25) is 0 Å². The van der Waals surface area contributed by atoms with Gasteiger partial charge in [0.25, 0.3) is 10.0 Å². The van der Waals surface area contributed by atoms with Crippen LogP contribution in [0.5, 0.6) is 0 Å². The Labute approximate surface area is 133 Å². The molecule has 0 amide bonds. The maximum Gasteiger partial charge on any atom is 0.337 e. The summed E-state index contributed by atoms with van der Waals surface area (Å²) in [7, 11) is -2.52. The molecule has 1 aliphatic carbocycles. The van der Waals surface area contributed by atoms with E-state index in [0.717, 1.165) is 12.8 Å². The zero-order valence-electron chi connectivity index (χ0n) is 12.7. The number of benzene rings is 1. The minimum absolute atomic E-state index is 0.0908. The summed E-state index contributed by atoms with van der Waals surface area (Å²) in [5.41, 5.74) is 1.11. The lowest BCUT2D eigenvalue weighted by Crippen LogP contribution is -2.15. The molecule has 7 nitrogen and oxygen atoms in total. The highest BCUT2D eigenvalue weighted by atomic mass is 32.2. The summed E-state index contributed by atoms with van der Waals surface area (Å²) in [5, 5.41) is 3.67. The molecule has 1 N–H and O–H groups in total. The van der Waals surface area contributed by atoms with Crippen molar-refractivity contribution >= 4 is 21.7 Å². The molecule has 0 spiro atoms. The average molecular weight is 336 g/mol. The Kier molecular flexibility index (Phi) is 3.85. The SMILES string of the molecule is COC(=O)c1ccc(S(=O)(=O)Nc2cnoc2C2CC2)c(C)c1. The highest BCUT2D eigenvalue weighted by Crippen LogP contribution is 2.43. The van der Waals surface area contributed by atoms with Gasteiger partial charge in [0.2, 0.25) is 0 Å². The summed E-state index contributed by atoms with van der Waals surface area (Å²) in [6.45, 7) is 1.62. The molecular formula is C15H16N2O5S. The molecule has 1 heterocycles. The zero-order valence-corrected chi connectivity index (χ0v) is 13.5. The number of hydrogen-bond acceptors (Lipinski definition) is 6. The number of ether oxygens (including phenoxy) is 1. The molecule has 0 aliphatic heterocycles. The molecule has 1 aromatic carbocycles. The van der Waals surface area contributed by atoms with Gasteiger partial charge in [-0.2, -0.15) is 0 Å². The Morgan fingerprint density at radius 1 is 1.39 bits per heavy atom. The lowest BCUT2D eigenvalue weighted by atomic mass is 10.1. The highest BCUT2D eigenvalue weighted by molar-refractivity contribution is 7.92. The van der Waals surface area contributed by atoms with Crippen LogP contribution in [0.15, 0.2) is 33.8 Å². The molecule has 122 valence electrons. The van der Waals surface area contributed by atoms with E-state index in [9.17, 15) is 13.2 Å². The van der Waals surface area contributed by atoms with Gasteiger partial charge in [0.1, 0.15) is 5.69 Å². The van der Waals surface area contributed by atoms with E-state index >= 15 is 0 Å². The van der Waals surface area contributed by atoms with E-state index in [4.69, 9.17) is 4.52 Å². The summed E-state index contributed by atoms with van der Waals surface area (Å²) in [6.07, 6.45) is 3.30. The number of nitrogens with one attached hydrogen (secondary N) is 1. The minimum atomic E-state index is -3.79. The van der Waals surface area contributed by atoms with Crippen LogP contribution < -0.4 is 4.72 Å². The summed E-state index contributed by atoms with van der Waals surface area (Å²) < 4.78 is 37.4. The number of methoxy groups -OCH3 is 1. The molecule has 3 rings (SSSR count). The molecule has 8 heteroatoms. The van der Waals surface area contributed by atoms with Crippen molar-refractivity contribution in [2.24, 2.45) is 0 Å². The van der Waals surface area contributed by atoms with Crippen LogP contribution in [0.4, 0.5) is 5.69 Å². The van der Waals surface area contributed by atoms with E-state index in [0.29, 0.717) is 22.6 Å². The number of carbonyl (C=O) groups is 1. The number of nitrogens with zero attached hydrogens (tertiary/aromatic N) is 1. The molecule has 23 heavy (non-hydrogen) atoms. The van der Waals surface area contributed by atoms with E-state index in [1.807, 2.05) is 0 Å². The van der Waals surface area contributed by atoms with E-state index in [1.165, 1.54) is 31.5 Å². The Hall–Kier alpha value is -2.35. The van der Waals surface area contributed by atoms with Gasteiger partial charge in [-0.15, -0.1) is 0 Å². The molecule has 0 radical (unpaired) electrons. The third-order valence-electron chi connectivity index (χ3n) is 3.68. The molecule has 1 aliphatic rings. The van der Waals surface area contributed by atoms with Crippen molar-refractivity contribution in [3.05, 3.63) is 41.3 Å². The average Bonchev–Trinajstić information content (AvgIpc) is 3.26. The van der Waals surface area contributed by atoms with Crippen LogP contribution >= 0.6 is 0 Å². The van der Waals surface area contributed by atoms with Gasteiger partial charge in [0.15, 0.2) is 5.76 Å². The Morgan fingerprint density at radius 2 is 2.13 bits per heavy atom. The monoisotopic (exact) mass is 336 g/mol. The number of sulfonamides is 1. The zero-order chi connectivity index (χ0) is 16.6. The fraction of sp³-hybridized carbons (Fsp3) is 0.333. The van der Waals surface area contributed by atoms with Gasteiger partial charge in [-0.1, -0.05) is 5.16 Å². The molecule has 0 unspecified atom stereocenters. The fourth-order valence-corrected chi connectivity index (χ4v) is 3.64. The Balaban J connectivity index is 1.90. The van der Waals surface area contributed by atoms with Gasteiger partial charge >= 0.3 is 5.97 Å². The Morgan fingerprint density at radius 3 is 2.74 bits per heavy atom. The standard InChI is InChI=1S/C15H16N2O5S/c1-9-7-11(15(18)21-2)5-6-13(9)23(19,20)17-12-8-16-22-14(12)10-3-4-10/h5-8,10,17H,3-4H2,1-2H3. The van der Waals surface area contributed by atoms with Crippen LogP contribution in [-0.2, 0) is 14.8 Å². The van der Waals surface area contributed by atoms with Crippen molar-refractivity contribution in [1.82, 2.24) is 5.16 Å². The minimum Gasteiger partial charge on any atom is -0.465 e. The molecule has 1 fully saturated rings. The first kappa shape index (κ1) is 15.5. The molecular weight excluding hydrogens is 320 g/mol. The molecule has 2 aromatic rings. The quantitative estimate of drug-likeness (QED) is 0.842. The molecule has 1 aromatic heterocycles. The van der Waals surface area contributed by atoms with Crippen molar-refractivity contribution in [2.75, 3.05) is 11.8 Å². The third kappa shape index (κ3) is 3.07. The van der Waals surface area contributed by atoms with Gasteiger partial charge in [-0.3, -0.25) is 4.72 Å². The van der Waals surface area contributed by atoms with E-state index < -0.39 is 16.0 Å². The van der Waals surface area contributed by atoms with Gasteiger partial charge in [0.05, 0.1) is 23.8 Å². The van der Waals surface area contributed by atoms with Gasteiger partial charge in [-0.05, 0) is 43.5 Å². The maximum atomic E-state index is 12.6. The molecule has 1 saturated carbocycles. The number of aryl methyl sites for hydroxylation is 1. The van der Waals surface area contributed by atoms with Crippen LogP contribution in [0, 0.1) is 6.92 Å². The lowest BCUT2D eigenvalue weighted by Gasteiger charge is -2.10. The molecule has 0 atom stereocenters. The molecule has 0 bridgehead atoms. The van der Waals surface area contributed by atoms with Crippen molar-refractivity contribution in [3.8, 4) is 0 Å². The van der Waals surface area contributed by atoms with E-state index in [2.05, 4.69) is 14.6 Å². The second-order valence-corrected chi connectivity index (χ2v) is 7.11. The molecule has 0 saturated heterocycles. The van der Waals surface area contributed by atoms with E-state index in [1.54, 1.807) is 6.92 Å². The second-order valence-electron chi connectivity index (χ2n) is 5.46. The summed E-state index contributed by atoms with van der Waals surface area (Å²) >= 11 is 0. The van der Waals surface area contributed by atoms with Gasteiger partial charge in [-0.25, -0.2) is 13.2 Å². The normalized spacial score (nSPS) is 14.5. The van der Waals surface area contributed by atoms with Crippen LogP contribution in [0.25, 0.3) is 0 Å². The van der Waals surface area contributed by atoms with Crippen LogP contribution in [0.3, 0.4) is 0 Å². The predicted octanol–water partition coefficient (Wildman–Crippen LogP) is 2.45. The number of hydrogen-bond donors (Lipinski definition) is 1. The van der Waals surface area contributed by atoms with Crippen molar-refractivity contribution in [1.29, 1.82) is 0 Å². The van der Waals surface area contributed by atoms with Crippen molar-refractivity contribution < 1.29 is 22.5 Å². The van der Waals surface area contributed by atoms with Gasteiger partial charge in [0, 0.05) is 5.92 Å². The van der Waals surface area contributed by atoms with Crippen LogP contribution in [0.1, 0.15) is 40.4 Å². The van der Waals surface area contributed by atoms with Crippen LogP contribution in [-0.4, -0.2) is 26.7 Å². The fourth-order valence-electron chi connectivity index (χ4n) is 2.36. The number of esters is 1. The first-order chi connectivity index (χ1) is 10.9. The number of carbonyl (C=O) groups excluding carboxylic acids is 1. The lowest BCUT2D eigenvalue weighted by molar-refractivity contribution is 0.0600. The maximum absolute atomic E-state index is 12.6. The first-order valence-electron chi connectivity index (χ1n) is 7.08. The number of aromatic nitrogens is 1. The smallest absolute Gasteiger partial charge is 0.337 e. The summed E-state index contributed by atoms with van der Waals surface area (Å²) in [5.74, 6) is 0.287. The van der Waals surface area contributed by atoms with Crippen molar-refractivity contribution in [3.63, 3.8) is 0 Å². The number of anilines is 1. The van der Waals surface area contributed by atoms with Crippen molar-refractivity contribution in [2.45, 2.75) is 30.6 Å². The Bertz CT molecular complexity index is 853. The van der Waals surface area contributed by atoms with E-state index in [-0.39, 0.29) is 10.8 Å². The topological polar surface area (TPSA) is 98.5 Å². The summed E-state index contributed by atoms with van der Waals surface area (Å²) in [6, 6.07) is 4.28. The summed E-state index contributed by atoms with van der Waals surface area (Å²) in [4.78, 5) is 11.6. The second kappa shape index (κ2) is 5.69. The highest BCUT2D eigenvalue weighted by Gasteiger charge is 2.32. The first-order valence-corrected chi connectivity index (χ1v) is 8.57. The largest absolute Gasteiger partial charge is 0.465 e.